The molecule has 7 heteroatoms. The summed E-state index contributed by atoms with van der Waals surface area (Å²) >= 11 is 0. The van der Waals surface area contributed by atoms with Crippen LogP contribution in [-0.2, 0) is 0 Å². The minimum absolute atomic E-state index is 0.135. The van der Waals surface area contributed by atoms with Crippen molar-refractivity contribution in [1.29, 1.82) is 0 Å². The average molecular weight is 312 g/mol. The van der Waals surface area contributed by atoms with E-state index < -0.39 is 0 Å². The minimum Gasteiger partial charge on any atom is -0.320 e. The van der Waals surface area contributed by atoms with Crippen LogP contribution in [0.15, 0.2) is 36.7 Å². The summed E-state index contributed by atoms with van der Waals surface area (Å²) in [4.78, 5) is 18.5. The van der Waals surface area contributed by atoms with Gasteiger partial charge in [-0.3, -0.25) is 5.32 Å². The van der Waals surface area contributed by atoms with Gasteiger partial charge in [0.2, 0.25) is 0 Å². The summed E-state index contributed by atoms with van der Waals surface area (Å²) in [5.74, 6) is 1.21. The van der Waals surface area contributed by atoms with Gasteiger partial charge in [0, 0.05) is 19.1 Å². The fourth-order valence-corrected chi connectivity index (χ4v) is 2.45. The zero-order valence-corrected chi connectivity index (χ0v) is 13.3. The molecule has 0 saturated heterocycles. The van der Waals surface area contributed by atoms with Gasteiger partial charge >= 0.3 is 6.03 Å². The molecule has 1 aliphatic heterocycles. The predicted molar refractivity (Wildman–Crippen MR) is 88.0 cm³/mol. The van der Waals surface area contributed by atoms with Crippen LogP contribution in [0, 0.1) is 0 Å². The average Bonchev–Trinajstić information content (AvgIpc) is 3.06. The fourth-order valence-electron chi connectivity index (χ4n) is 2.45. The smallest absolute Gasteiger partial charge is 0.320 e. The first kappa shape index (κ1) is 15.2. The molecular weight excluding hydrogens is 292 g/mol. The number of hydrogen-bond donors (Lipinski definition) is 1. The van der Waals surface area contributed by atoms with Crippen molar-refractivity contribution in [3.05, 3.63) is 36.7 Å². The van der Waals surface area contributed by atoms with Crippen molar-refractivity contribution in [2.75, 3.05) is 18.4 Å². The van der Waals surface area contributed by atoms with Crippen LogP contribution >= 0.6 is 0 Å². The monoisotopic (exact) mass is 312 g/mol. The lowest BCUT2D eigenvalue weighted by Crippen LogP contribution is -2.37. The maximum atomic E-state index is 12.2. The van der Waals surface area contributed by atoms with Crippen molar-refractivity contribution in [3.63, 3.8) is 0 Å². The van der Waals surface area contributed by atoms with Gasteiger partial charge in [-0.25, -0.2) is 9.78 Å². The van der Waals surface area contributed by atoms with E-state index in [-0.39, 0.29) is 12.1 Å². The van der Waals surface area contributed by atoms with Gasteiger partial charge in [0.25, 0.3) is 0 Å². The van der Waals surface area contributed by atoms with Gasteiger partial charge in [-0.1, -0.05) is 18.2 Å². The van der Waals surface area contributed by atoms with Crippen molar-refractivity contribution in [2.45, 2.75) is 26.3 Å². The third-order valence-corrected chi connectivity index (χ3v) is 3.69. The van der Waals surface area contributed by atoms with Gasteiger partial charge in [-0.15, -0.1) is 10.2 Å². The number of carbonyl (C=O) groups is 1. The Labute approximate surface area is 135 Å². The van der Waals surface area contributed by atoms with Gasteiger partial charge in [-0.2, -0.15) is 0 Å². The highest BCUT2D eigenvalue weighted by atomic mass is 16.2. The first-order valence-corrected chi connectivity index (χ1v) is 7.73. The zero-order valence-electron chi connectivity index (χ0n) is 13.3. The standard InChI is InChI=1S/C16H20N6O/c1-12(2)22-11-17-20-15(22)13-7-6-8-14(18-13)19-16(23)21-9-4-3-5-10-21/h3-4,6-8,11-12H,5,9-10H2,1-2H3,(H,18,19,23). The van der Waals surface area contributed by atoms with E-state index in [9.17, 15) is 4.79 Å². The quantitative estimate of drug-likeness (QED) is 0.884. The SMILES string of the molecule is CC(C)n1cnnc1-c1cccc(NC(=O)N2CC=CCC2)n1. The lowest BCUT2D eigenvalue weighted by Gasteiger charge is -2.23. The molecule has 2 aromatic heterocycles. The molecule has 2 amide bonds. The van der Waals surface area contributed by atoms with Crippen LogP contribution in [0.25, 0.3) is 11.5 Å². The number of carbonyl (C=O) groups excluding carboxylic acids is 1. The van der Waals surface area contributed by atoms with E-state index in [1.165, 1.54) is 0 Å². The summed E-state index contributed by atoms with van der Waals surface area (Å²) in [6.07, 6.45) is 6.66. The van der Waals surface area contributed by atoms with Crippen LogP contribution in [0.2, 0.25) is 0 Å². The van der Waals surface area contributed by atoms with E-state index in [4.69, 9.17) is 0 Å². The van der Waals surface area contributed by atoms with E-state index in [0.29, 0.717) is 23.9 Å². The highest BCUT2D eigenvalue weighted by molar-refractivity contribution is 5.88. The third kappa shape index (κ3) is 3.39. The van der Waals surface area contributed by atoms with Gasteiger partial charge in [-0.05, 0) is 32.4 Å². The second-order valence-corrected chi connectivity index (χ2v) is 5.70. The Morgan fingerprint density at radius 1 is 1.30 bits per heavy atom. The van der Waals surface area contributed by atoms with Crippen LogP contribution in [-0.4, -0.2) is 43.8 Å². The lowest BCUT2D eigenvalue weighted by molar-refractivity contribution is 0.216. The number of nitrogens with zero attached hydrogens (tertiary/aromatic N) is 5. The number of urea groups is 1. The van der Waals surface area contributed by atoms with Gasteiger partial charge in [0.05, 0.1) is 0 Å². The Hall–Kier alpha value is -2.70. The molecule has 0 aliphatic carbocycles. The van der Waals surface area contributed by atoms with Gasteiger partial charge in [0.1, 0.15) is 17.8 Å². The Morgan fingerprint density at radius 3 is 2.91 bits per heavy atom. The van der Waals surface area contributed by atoms with Gasteiger partial charge in [0.15, 0.2) is 5.82 Å². The molecule has 23 heavy (non-hydrogen) atoms. The molecular formula is C16H20N6O. The molecule has 0 saturated carbocycles. The highest BCUT2D eigenvalue weighted by Crippen LogP contribution is 2.19. The maximum Gasteiger partial charge on any atom is 0.323 e. The maximum absolute atomic E-state index is 12.2. The molecule has 0 atom stereocenters. The van der Waals surface area contributed by atoms with Crippen LogP contribution < -0.4 is 5.32 Å². The largest absolute Gasteiger partial charge is 0.323 e. The number of pyridine rings is 1. The van der Waals surface area contributed by atoms with Crippen molar-refractivity contribution in [3.8, 4) is 11.5 Å². The topological polar surface area (TPSA) is 75.9 Å². The summed E-state index contributed by atoms with van der Waals surface area (Å²) < 4.78 is 1.95. The number of anilines is 1. The number of nitrogens with one attached hydrogen (secondary N) is 1. The van der Waals surface area contributed by atoms with E-state index in [1.54, 1.807) is 17.3 Å². The molecule has 0 radical (unpaired) electrons. The summed E-state index contributed by atoms with van der Waals surface area (Å²) in [7, 11) is 0. The molecule has 0 bridgehead atoms. The van der Waals surface area contributed by atoms with Crippen molar-refractivity contribution in [1.82, 2.24) is 24.6 Å². The molecule has 2 aromatic rings. The molecule has 3 heterocycles. The second-order valence-electron chi connectivity index (χ2n) is 5.70. The third-order valence-electron chi connectivity index (χ3n) is 3.69. The molecule has 0 spiro atoms. The lowest BCUT2D eigenvalue weighted by atomic mass is 10.2. The van der Waals surface area contributed by atoms with E-state index in [1.807, 2.05) is 22.8 Å². The Bertz CT molecular complexity index is 721. The molecule has 7 nitrogen and oxygen atoms in total. The summed E-state index contributed by atoms with van der Waals surface area (Å²) in [5, 5.41) is 10.9. The van der Waals surface area contributed by atoms with Crippen LogP contribution in [0.4, 0.5) is 10.6 Å². The van der Waals surface area contributed by atoms with E-state index in [0.717, 1.165) is 13.0 Å². The van der Waals surface area contributed by atoms with Crippen LogP contribution in [0.1, 0.15) is 26.3 Å². The normalized spacial score (nSPS) is 14.3. The predicted octanol–water partition coefficient (Wildman–Crippen LogP) is 2.71. The van der Waals surface area contributed by atoms with E-state index >= 15 is 0 Å². The Balaban J connectivity index is 1.78. The molecule has 3 rings (SSSR count). The van der Waals surface area contributed by atoms with Gasteiger partial charge < -0.3 is 9.47 Å². The summed E-state index contributed by atoms with van der Waals surface area (Å²) in [6, 6.07) is 5.59. The number of rotatable bonds is 3. The first-order chi connectivity index (χ1) is 11.1. The van der Waals surface area contributed by atoms with E-state index in [2.05, 4.69) is 40.4 Å². The molecule has 0 fully saturated rings. The van der Waals surface area contributed by atoms with Crippen molar-refractivity contribution < 1.29 is 4.79 Å². The van der Waals surface area contributed by atoms with Crippen LogP contribution in [0.3, 0.4) is 0 Å². The number of aromatic nitrogens is 4. The molecule has 1 aliphatic rings. The summed E-state index contributed by atoms with van der Waals surface area (Å²) in [5.41, 5.74) is 0.688. The molecule has 120 valence electrons. The van der Waals surface area contributed by atoms with Crippen LogP contribution in [0.5, 0.6) is 0 Å². The van der Waals surface area contributed by atoms with Crippen molar-refractivity contribution >= 4 is 11.8 Å². The highest BCUT2D eigenvalue weighted by Gasteiger charge is 2.16. The first-order valence-electron chi connectivity index (χ1n) is 7.73. The zero-order chi connectivity index (χ0) is 16.2. The summed E-state index contributed by atoms with van der Waals surface area (Å²) in [6.45, 7) is 5.47. The van der Waals surface area contributed by atoms with Crippen molar-refractivity contribution in [2.24, 2.45) is 0 Å². The molecule has 0 aromatic carbocycles. The fraction of sp³-hybridized carbons (Fsp3) is 0.375. The molecule has 0 unspecified atom stereocenters. The Morgan fingerprint density at radius 2 is 2.17 bits per heavy atom. The second kappa shape index (κ2) is 6.60. The number of hydrogen-bond acceptors (Lipinski definition) is 4. The number of amides is 2. The Kier molecular flexibility index (Phi) is 4.36. The molecule has 1 N–H and O–H groups in total. The minimum atomic E-state index is -0.135.